The maximum absolute atomic E-state index is 12.5. The zero-order valence-electron chi connectivity index (χ0n) is 14.2. The van der Waals surface area contributed by atoms with E-state index in [-0.39, 0.29) is 29.6 Å². The Kier molecular flexibility index (Phi) is 5.25. The number of urea groups is 1. The van der Waals surface area contributed by atoms with Gasteiger partial charge in [0, 0.05) is 25.3 Å². The molecule has 25 heavy (non-hydrogen) atoms. The van der Waals surface area contributed by atoms with Crippen molar-refractivity contribution in [2.45, 2.75) is 44.6 Å². The molecule has 1 aromatic rings. The van der Waals surface area contributed by atoms with E-state index in [0.29, 0.717) is 18.8 Å². The molecule has 1 aromatic heterocycles. The van der Waals surface area contributed by atoms with Crippen molar-refractivity contribution in [3.8, 4) is 0 Å². The number of aromatic nitrogens is 1. The van der Waals surface area contributed by atoms with Crippen molar-refractivity contribution >= 4 is 23.5 Å². The van der Waals surface area contributed by atoms with Gasteiger partial charge in [0.15, 0.2) is 0 Å². The highest BCUT2D eigenvalue weighted by molar-refractivity contribution is 5.96. The van der Waals surface area contributed by atoms with Crippen molar-refractivity contribution in [2.24, 2.45) is 11.7 Å². The van der Waals surface area contributed by atoms with Gasteiger partial charge in [-0.05, 0) is 31.7 Å². The molecule has 8 nitrogen and oxygen atoms in total. The SMILES string of the molecule is NC(=O)c1cc(NC(=O)C2CCCN(C(=O)NC3CCCC3)C2)c[nH]1. The molecule has 136 valence electrons. The average Bonchev–Trinajstić information content (AvgIpc) is 3.27. The van der Waals surface area contributed by atoms with E-state index in [9.17, 15) is 14.4 Å². The number of carbonyl (C=O) groups is 3. The normalized spacial score (nSPS) is 21.1. The molecule has 1 unspecified atom stereocenters. The smallest absolute Gasteiger partial charge is 0.317 e. The summed E-state index contributed by atoms with van der Waals surface area (Å²) in [6.45, 7) is 1.09. The fourth-order valence-corrected chi connectivity index (χ4v) is 3.56. The molecule has 8 heteroatoms. The van der Waals surface area contributed by atoms with Gasteiger partial charge >= 0.3 is 6.03 Å². The Bertz CT molecular complexity index is 650. The lowest BCUT2D eigenvalue weighted by molar-refractivity contribution is -0.121. The highest BCUT2D eigenvalue weighted by Crippen LogP contribution is 2.21. The van der Waals surface area contributed by atoms with Gasteiger partial charge in [0.05, 0.1) is 11.6 Å². The first-order chi connectivity index (χ1) is 12.0. The van der Waals surface area contributed by atoms with E-state index in [2.05, 4.69) is 15.6 Å². The van der Waals surface area contributed by atoms with Gasteiger partial charge < -0.3 is 26.3 Å². The van der Waals surface area contributed by atoms with Crippen LogP contribution in [-0.4, -0.2) is 46.9 Å². The summed E-state index contributed by atoms with van der Waals surface area (Å²) in [5.74, 6) is -0.976. The van der Waals surface area contributed by atoms with Crippen LogP contribution < -0.4 is 16.4 Å². The lowest BCUT2D eigenvalue weighted by Crippen LogP contribution is -2.49. The predicted octanol–water partition coefficient (Wildman–Crippen LogP) is 1.42. The zero-order chi connectivity index (χ0) is 17.8. The summed E-state index contributed by atoms with van der Waals surface area (Å²) in [5.41, 5.74) is 5.94. The van der Waals surface area contributed by atoms with Crippen LogP contribution in [0, 0.1) is 5.92 Å². The van der Waals surface area contributed by atoms with Gasteiger partial charge in [0.1, 0.15) is 5.69 Å². The Morgan fingerprint density at radius 2 is 1.92 bits per heavy atom. The number of likely N-dealkylation sites (tertiary alicyclic amines) is 1. The van der Waals surface area contributed by atoms with Crippen molar-refractivity contribution in [1.29, 1.82) is 0 Å². The molecule has 1 saturated carbocycles. The van der Waals surface area contributed by atoms with Gasteiger partial charge in [-0.1, -0.05) is 12.8 Å². The van der Waals surface area contributed by atoms with Gasteiger partial charge in [-0.25, -0.2) is 4.79 Å². The van der Waals surface area contributed by atoms with E-state index < -0.39 is 5.91 Å². The van der Waals surface area contributed by atoms with E-state index in [1.807, 2.05) is 0 Å². The molecule has 0 aromatic carbocycles. The molecule has 1 aliphatic heterocycles. The maximum atomic E-state index is 12.5. The van der Waals surface area contributed by atoms with Crippen molar-refractivity contribution in [3.63, 3.8) is 0 Å². The zero-order valence-corrected chi connectivity index (χ0v) is 14.2. The number of aromatic amines is 1. The van der Waals surface area contributed by atoms with Crippen LogP contribution in [0.5, 0.6) is 0 Å². The number of hydrogen-bond acceptors (Lipinski definition) is 3. The summed E-state index contributed by atoms with van der Waals surface area (Å²) in [4.78, 5) is 40.4. The topological polar surface area (TPSA) is 120 Å². The molecule has 1 saturated heterocycles. The maximum Gasteiger partial charge on any atom is 0.317 e. The quantitative estimate of drug-likeness (QED) is 0.659. The standard InChI is InChI=1S/C17H25N5O3/c18-15(23)14-8-13(9-19-14)20-16(24)11-4-3-7-22(10-11)17(25)21-12-5-1-2-6-12/h8-9,11-12,19H,1-7,10H2,(H2,18,23)(H,20,24)(H,21,25). The molecule has 2 heterocycles. The van der Waals surface area contributed by atoms with Crippen LogP contribution in [0.25, 0.3) is 0 Å². The lowest BCUT2D eigenvalue weighted by Gasteiger charge is -2.32. The third-order valence-electron chi connectivity index (χ3n) is 4.98. The number of amides is 4. The third-order valence-corrected chi connectivity index (χ3v) is 4.98. The van der Waals surface area contributed by atoms with Crippen molar-refractivity contribution in [3.05, 3.63) is 18.0 Å². The minimum Gasteiger partial charge on any atom is -0.364 e. The van der Waals surface area contributed by atoms with Crippen molar-refractivity contribution < 1.29 is 14.4 Å². The second kappa shape index (κ2) is 7.58. The fourth-order valence-electron chi connectivity index (χ4n) is 3.56. The highest BCUT2D eigenvalue weighted by atomic mass is 16.2. The molecule has 4 amide bonds. The first kappa shape index (κ1) is 17.3. The molecule has 1 aliphatic carbocycles. The Labute approximate surface area is 146 Å². The number of carbonyl (C=O) groups excluding carboxylic acids is 3. The van der Waals surface area contributed by atoms with Crippen LogP contribution in [0.2, 0.25) is 0 Å². The van der Waals surface area contributed by atoms with Crippen LogP contribution in [0.4, 0.5) is 10.5 Å². The molecule has 1 atom stereocenters. The molecule has 3 rings (SSSR count). The van der Waals surface area contributed by atoms with E-state index in [4.69, 9.17) is 5.73 Å². The second-order valence-corrected chi connectivity index (χ2v) is 6.87. The minimum absolute atomic E-state index is 0.0675. The molecule has 5 N–H and O–H groups in total. The van der Waals surface area contributed by atoms with E-state index in [0.717, 1.165) is 25.7 Å². The number of primary amides is 1. The summed E-state index contributed by atoms with van der Waals surface area (Å²) in [6, 6.07) is 1.71. The third kappa shape index (κ3) is 4.32. The van der Waals surface area contributed by atoms with Crippen LogP contribution in [-0.2, 0) is 4.79 Å². The average molecular weight is 347 g/mol. The summed E-state index contributed by atoms with van der Waals surface area (Å²) >= 11 is 0. The Morgan fingerprint density at radius 3 is 2.60 bits per heavy atom. The van der Waals surface area contributed by atoms with E-state index in [1.54, 1.807) is 4.90 Å². The first-order valence-corrected chi connectivity index (χ1v) is 8.87. The number of nitrogens with one attached hydrogen (secondary N) is 3. The van der Waals surface area contributed by atoms with Gasteiger partial charge in [0.25, 0.3) is 5.91 Å². The number of rotatable bonds is 4. The molecule has 2 aliphatic rings. The number of nitrogens with zero attached hydrogens (tertiary/aromatic N) is 1. The predicted molar refractivity (Wildman–Crippen MR) is 93.0 cm³/mol. The summed E-state index contributed by atoms with van der Waals surface area (Å²) in [7, 11) is 0. The number of hydrogen-bond donors (Lipinski definition) is 4. The minimum atomic E-state index is -0.576. The molecular formula is C17H25N5O3. The number of nitrogens with two attached hydrogens (primary N) is 1. The van der Waals surface area contributed by atoms with Crippen LogP contribution in [0.3, 0.4) is 0 Å². The largest absolute Gasteiger partial charge is 0.364 e. The van der Waals surface area contributed by atoms with Gasteiger partial charge in [-0.15, -0.1) is 0 Å². The summed E-state index contributed by atoms with van der Waals surface area (Å²) < 4.78 is 0. The van der Waals surface area contributed by atoms with Crippen LogP contribution in [0.15, 0.2) is 12.3 Å². The lowest BCUT2D eigenvalue weighted by atomic mass is 9.97. The molecule has 0 bridgehead atoms. The molecular weight excluding hydrogens is 322 g/mol. The van der Waals surface area contributed by atoms with E-state index >= 15 is 0 Å². The number of anilines is 1. The Morgan fingerprint density at radius 1 is 1.16 bits per heavy atom. The van der Waals surface area contributed by atoms with Gasteiger partial charge in [-0.2, -0.15) is 0 Å². The van der Waals surface area contributed by atoms with Crippen LogP contribution in [0.1, 0.15) is 49.0 Å². The summed E-state index contributed by atoms with van der Waals surface area (Å²) in [5, 5.41) is 5.86. The fraction of sp³-hybridized carbons (Fsp3) is 0.588. The van der Waals surface area contributed by atoms with Gasteiger partial charge in [0.2, 0.25) is 5.91 Å². The van der Waals surface area contributed by atoms with Crippen LogP contribution >= 0.6 is 0 Å². The number of piperidine rings is 1. The first-order valence-electron chi connectivity index (χ1n) is 8.87. The number of H-pyrrole nitrogens is 1. The van der Waals surface area contributed by atoms with Crippen molar-refractivity contribution in [1.82, 2.24) is 15.2 Å². The second-order valence-electron chi connectivity index (χ2n) is 6.87. The molecule has 2 fully saturated rings. The Hall–Kier alpha value is -2.51. The van der Waals surface area contributed by atoms with Gasteiger partial charge in [-0.3, -0.25) is 9.59 Å². The van der Waals surface area contributed by atoms with E-state index in [1.165, 1.54) is 25.1 Å². The Balaban J connectivity index is 1.53. The monoisotopic (exact) mass is 347 g/mol. The summed E-state index contributed by atoms with van der Waals surface area (Å²) in [6.07, 6.45) is 7.49. The van der Waals surface area contributed by atoms with Crippen molar-refractivity contribution in [2.75, 3.05) is 18.4 Å². The highest BCUT2D eigenvalue weighted by Gasteiger charge is 2.30. The molecule has 0 radical (unpaired) electrons. The molecule has 0 spiro atoms.